The summed E-state index contributed by atoms with van der Waals surface area (Å²) in [6, 6.07) is 13.5. The molecule has 6 nitrogen and oxygen atoms in total. The summed E-state index contributed by atoms with van der Waals surface area (Å²) in [6.45, 7) is 0. The van der Waals surface area contributed by atoms with Gasteiger partial charge in [0, 0.05) is 17.4 Å². The third kappa shape index (κ3) is 4.67. The van der Waals surface area contributed by atoms with E-state index in [9.17, 15) is 4.79 Å². The molecule has 0 atom stereocenters. The van der Waals surface area contributed by atoms with E-state index < -0.39 is 0 Å². The van der Waals surface area contributed by atoms with Gasteiger partial charge >= 0.3 is 0 Å². The van der Waals surface area contributed by atoms with Gasteiger partial charge in [0.05, 0.1) is 36.4 Å². The molecule has 8 heteroatoms. The van der Waals surface area contributed by atoms with Crippen molar-refractivity contribution < 1.29 is 14.3 Å². The van der Waals surface area contributed by atoms with E-state index in [0.29, 0.717) is 22.2 Å². The molecule has 1 N–H and O–H groups in total. The van der Waals surface area contributed by atoms with Crippen LogP contribution in [0.5, 0.6) is 11.5 Å². The summed E-state index contributed by atoms with van der Waals surface area (Å²) in [5, 5.41) is 4.13. The van der Waals surface area contributed by atoms with Crippen molar-refractivity contribution in [3.05, 3.63) is 58.9 Å². The normalized spacial score (nSPS) is 12.9. The molecule has 0 unspecified atom stereocenters. The van der Waals surface area contributed by atoms with Crippen LogP contribution in [0.15, 0.2) is 47.6 Å². The zero-order chi connectivity index (χ0) is 21.8. The van der Waals surface area contributed by atoms with Crippen molar-refractivity contribution in [2.75, 3.05) is 25.3 Å². The number of thioether (sulfide) groups is 1. The average molecular weight is 458 g/mol. The second kappa shape index (κ2) is 9.66. The standard InChI is InChI=1S/C23H24ClN3O3S/c1-29-20-13-21(30-2)18(12-16(20)24)25-22(28)14-31-23-26-17-10-6-7-11-19(17)27(23)15-8-4-3-5-9-15/h3-5,8-9,12-13H,6-7,10-11,14H2,1-2H3,(H,25,28). The van der Waals surface area contributed by atoms with Crippen molar-refractivity contribution in [1.82, 2.24) is 9.55 Å². The maximum Gasteiger partial charge on any atom is 0.234 e. The van der Waals surface area contributed by atoms with E-state index in [1.54, 1.807) is 12.1 Å². The molecule has 162 valence electrons. The van der Waals surface area contributed by atoms with Gasteiger partial charge < -0.3 is 14.8 Å². The van der Waals surface area contributed by atoms with E-state index in [1.165, 1.54) is 31.7 Å². The highest BCUT2D eigenvalue weighted by Gasteiger charge is 2.22. The van der Waals surface area contributed by atoms with Crippen LogP contribution in [-0.2, 0) is 17.6 Å². The minimum atomic E-state index is -0.162. The summed E-state index contributed by atoms with van der Waals surface area (Å²) in [7, 11) is 3.07. The number of benzene rings is 2. The van der Waals surface area contributed by atoms with E-state index >= 15 is 0 Å². The Morgan fingerprint density at radius 3 is 2.61 bits per heavy atom. The molecule has 1 aliphatic rings. The van der Waals surface area contributed by atoms with Gasteiger partial charge in [-0.3, -0.25) is 9.36 Å². The topological polar surface area (TPSA) is 65.4 Å². The predicted octanol–water partition coefficient (Wildman–Crippen LogP) is 5.15. The Hall–Kier alpha value is -2.64. The third-order valence-corrected chi connectivity index (χ3v) is 6.43. The number of anilines is 1. The van der Waals surface area contributed by atoms with E-state index in [-0.39, 0.29) is 11.7 Å². The molecular formula is C23H24ClN3O3S. The van der Waals surface area contributed by atoms with E-state index in [4.69, 9.17) is 26.1 Å². The molecule has 0 bridgehead atoms. The van der Waals surface area contributed by atoms with E-state index in [2.05, 4.69) is 22.0 Å². The largest absolute Gasteiger partial charge is 0.495 e. The van der Waals surface area contributed by atoms with Gasteiger partial charge in [-0.25, -0.2) is 4.98 Å². The van der Waals surface area contributed by atoms with E-state index in [0.717, 1.165) is 42.2 Å². The highest BCUT2D eigenvalue weighted by molar-refractivity contribution is 7.99. The summed E-state index contributed by atoms with van der Waals surface area (Å²) >= 11 is 7.64. The van der Waals surface area contributed by atoms with Crippen LogP contribution in [0.3, 0.4) is 0 Å². The summed E-state index contributed by atoms with van der Waals surface area (Å²) in [5.41, 5.74) is 3.97. The number of carbonyl (C=O) groups excluding carboxylic acids is 1. The van der Waals surface area contributed by atoms with Crippen LogP contribution < -0.4 is 14.8 Å². The molecule has 1 heterocycles. The number of rotatable bonds is 7. The lowest BCUT2D eigenvalue weighted by atomic mass is 10.0. The summed E-state index contributed by atoms with van der Waals surface area (Å²) in [5.74, 6) is 1.03. The van der Waals surface area contributed by atoms with Gasteiger partial charge in [-0.05, 0) is 43.9 Å². The number of aromatic nitrogens is 2. The molecule has 0 fully saturated rings. The first kappa shape index (κ1) is 21.6. The molecule has 0 aliphatic heterocycles. The monoisotopic (exact) mass is 457 g/mol. The van der Waals surface area contributed by atoms with Crippen LogP contribution in [-0.4, -0.2) is 35.4 Å². The fraction of sp³-hybridized carbons (Fsp3) is 0.304. The highest BCUT2D eigenvalue weighted by atomic mass is 35.5. The number of nitrogens with zero attached hydrogens (tertiary/aromatic N) is 2. The number of halogens is 1. The van der Waals surface area contributed by atoms with Gasteiger partial charge in [0.25, 0.3) is 0 Å². The summed E-state index contributed by atoms with van der Waals surface area (Å²) in [6.07, 6.45) is 4.30. The molecule has 0 radical (unpaired) electrons. The Bertz CT molecular complexity index is 1090. The molecule has 2 aromatic carbocycles. The van der Waals surface area contributed by atoms with Crippen molar-refractivity contribution >= 4 is 35.0 Å². The van der Waals surface area contributed by atoms with Gasteiger partial charge in [-0.15, -0.1) is 0 Å². The van der Waals surface area contributed by atoms with Crippen molar-refractivity contribution in [2.24, 2.45) is 0 Å². The number of hydrogen-bond donors (Lipinski definition) is 1. The number of ether oxygens (including phenoxy) is 2. The van der Waals surface area contributed by atoms with Crippen molar-refractivity contribution in [3.8, 4) is 17.2 Å². The Kier molecular flexibility index (Phi) is 6.73. The minimum Gasteiger partial charge on any atom is -0.495 e. The first-order chi connectivity index (χ1) is 15.1. The number of methoxy groups -OCH3 is 2. The molecule has 0 saturated carbocycles. The molecule has 0 saturated heterocycles. The van der Waals surface area contributed by atoms with Gasteiger partial charge in [0.1, 0.15) is 11.5 Å². The first-order valence-corrected chi connectivity index (χ1v) is 11.5. The van der Waals surface area contributed by atoms with Crippen LogP contribution in [0.4, 0.5) is 5.69 Å². The van der Waals surface area contributed by atoms with Gasteiger partial charge in [0.15, 0.2) is 5.16 Å². The number of carbonyl (C=O) groups is 1. The van der Waals surface area contributed by atoms with E-state index in [1.807, 2.05) is 18.2 Å². The Morgan fingerprint density at radius 1 is 1.13 bits per heavy atom. The molecular weight excluding hydrogens is 434 g/mol. The number of hydrogen-bond acceptors (Lipinski definition) is 5. The van der Waals surface area contributed by atoms with Crippen molar-refractivity contribution in [1.29, 1.82) is 0 Å². The quantitative estimate of drug-likeness (QED) is 0.497. The fourth-order valence-electron chi connectivity index (χ4n) is 3.73. The number of fused-ring (bicyclic) bond motifs is 1. The molecule has 31 heavy (non-hydrogen) atoms. The van der Waals surface area contributed by atoms with Crippen LogP contribution >= 0.6 is 23.4 Å². The highest BCUT2D eigenvalue weighted by Crippen LogP contribution is 2.36. The number of imidazole rings is 1. The van der Waals surface area contributed by atoms with Gasteiger partial charge in [0.2, 0.25) is 5.91 Å². The van der Waals surface area contributed by atoms with Crippen LogP contribution in [0.1, 0.15) is 24.2 Å². The lowest BCUT2D eigenvalue weighted by molar-refractivity contribution is -0.113. The minimum absolute atomic E-state index is 0.162. The van der Waals surface area contributed by atoms with Crippen molar-refractivity contribution in [3.63, 3.8) is 0 Å². The number of para-hydroxylation sites is 1. The molecule has 1 aromatic heterocycles. The maximum atomic E-state index is 12.7. The zero-order valence-electron chi connectivity index (χ0n) is 17.5. The molecule has 4 rings (SSSR count). The fourth-order valence-corrected chi connectivity index (χ4v) is 4.82. The van der Waals surface area contributed by atoms with Crippen LogP contribution in [0.25, 0.3) is 5.69 Å². The second-order valence-corrected chi connectivity index (χ2v) is 8.54. The average Bonchev–Trinajstić information content (AvgIpc) is 3.17. The number of amides is 1. The SMILES string of the molecule is COc1cc(OC)c(NC(=O)CSc2nc3c(n2-c2ccccc2)CCCC3)cc1Cl. The smallest absolute Gasteiger partial charge is 0.234 e. The molecule has 0 spiro atoms. The Labute approximate surface area is 190 Å². The van der Waals surface area contributed by atoms with Crippen LogP contribution in [0, 0.1) is 0 Å². The van der Waals surface area contributed by atoms with Crippen molar-refractivity contribution in [2.45, 2.75) is 30.8 Å². The third-order valence-electron chi connectivity index (χ3n) is 5.20. The molecule has 1 aliphatic carbocycles. The van der Waals surface area contributed by atoms with Gasteiger partial charge in [-0.1, -0.05) is 41.6 Å². The van der Waals surface area contributed by atoms with Gasteiger partial charge in [-0.2, -0.15) is 0 Å². The van der Waals surface area contributed by atoms with Crippen LogP contribution in [0.2, 0.25) is 5.02 Å². The summed E-state index contributed by atoms with van der Waals surface area (Å²) in [4.78, 5) is 17.6. The number of aryl methyl sites for hydroxylation is 1. The lowest BCUT2D eigenvalue weighted by Gasteiger charge is -2.15. The first-order valence-electron chi connectivity index (χ1n) is 10.1. The molecule has 3 aromatic rings. The summed E-state index contributed by atoms with van der Waals surface area (Å²) < 4.78 is 12.8. The Morgan fingerprint density at radius 2 is 1.87 bits per heavy atom. The number of nitrogens with one attached hydrogen (secondary N) is 1. The predicted molar refractivity (Wildman–Crippen MR) is 124 cm³/mol. The molecule has 1 amide bonds. The maximum absolute atomic E-state index is 12.7. The second-order valence-electron chi connectivity index (χ2n) is 7.19. The Balaban J connectivity index is 1.53. The zero-order valence-corrected chi connectivity index (χ0v) is 19.1. The lowest BCUT2D eigenvalue weighted by Crippen LogP contribution is -2.15.